The van der Waals surface area contributed by atoms with Crippen LogP contribution in [0.25, 0.3) is 0 Å². The largest absolute Gasteiger partial charge is 0.416 e. The first kappa shape index (κ1) is 34.5. The zero-order chi connectivity index (χ0) is 33.5. The highest BCUT2D eigenvalue weighted by atomic mass is 35.5. The second-order valence-electron chi connectivity index (χ2n) is 10.9. The Balaban J connectivity index is 1.84. The van der Waals surface area contributed by atoms with Gasteiger partial charge in [0.1, 0.15) is 12.6 Å². The van der Waals surface area contributed by atoms with Crippen LogP contribution in [-0.4, -0.2) is 43.8 Å². The first-order chi connectivity index (χ1) is 21.8. The van der Waals surface area contributed by atoms with Crippen LogP contribution < -0.4 is 9.62 Å². The SMILES string of the molecule is CC(C)NC(=O)[C@@H](Cc1ccccc1)N(Cc1cccc(Cl)c1)C(=O)CN(c1cccc(C(F)(F)F)c1)S(=O)(=O)c1ccccc1. The fraction of sp³-hybridized carbons (Fsp3) is 0.235. The molecule has 0 bridgehead atoms. The Hall–Kier alpha value is -4.35. The standard InChI is InChI=1S/C34H33ClF3N3O4S/c1-24(2)39-33(43)31(20-25-11-5-3-6-12-25)40(22-26-13-9-15-28(35)19-26)32(42)23-41(46(44,45)30-17-7-4-8-18-30)29-16-10-14-27(21-29)34(36,37)38/h3-19,21,24,31H,20,22-23H2,1-2H3,(H,39,43)/t31-/m1/s1. The van der Waals surface area contributed by atoms with Crippen molar-refractivity contribution in [2.24, 2.45) is 0 Å². The maximum Gasteiger partial charge on any atom is 0.416 e. The predicted molar refractivity (Wildman–Crippen MR) is 172 cm³/mol. The summed E-state index contributed by atoms with van der Waals surface area (Å²) in [6, 6.07) is 25.1. The molecule has 0 aliphatic heterocycles. The van der Waals surface area contributed by atoms with E-state index in [1.54, 1.807) is 68.4 Å². The second-order valence-corrected chi connectivity index (χ2v) is 13.2. The summed E-state index contributed by atoms with van der Waals surface area (Å²) in [6.07, 6.45) is -4.68. The molecule has 4 aromatic rings. The summed E-state index contributed by atoms with van der Waals surface area (Å²) in [5, 5.41) is 3.23. The molecular weight excluding hydrogens is 639 g/mol. The number of carbonyl (C=O) groups excluding carboxylic acids is 2. The van der Waals surface area contributed by atoms with Gasteiger partial charge in [0.25, 0.3) is 10.0 Å². The number of nitrogens with zero attached hydrogens (tertiary/aromatic N) is 2. The minimum absolute atomic E-state index is 0.0840. The molecule has 12 heteroatoms. The fourth-order valence-corrected chi connectivity index (χ4v) is 6.49. The molecule has 0 fully saturated rings. The molecule has 0 aromatic heterocycles. The number of rotatable bonds is 12. The van der Waals surface area contributed by atoms with E-state index in [1.807, 2.05) is 6.07 Å². The van der Waals surface area contributed by atoms with Crippen LogP contribution in [0.5, 0.6) is 0 Å². The van der Waals surface area contributed by atoms with Crippen molar-refractivity contribution < 1.29 is 31.2 Å². The Morgan fingerprint density at radius 3 is 2.04 bits per heavy atom. The molecule has 0 aliphatic rings. The molecule has 46 heavy (non-hydrogen) atoms. The van der Waals surface area contributed by atoms with Gasteiger partial charge in [-0.15, -0.1) is 0 Å². The fourth-order valence-electron chi connectivity index (χ4n) is 4.85. The molecule has 2 amide bonds. The highest BCUT2D eigenvalue weighted by molar-refractivity contribution is 7.92. The lowest BCUT2D eigenvalue weighted by molar-refractivity contribution is -0.140. The zero-order valence-corrected chi connectivity index (χ0v) is 26.7. The molecule has 0 unspecified atom stereocenters. The zero-order valence-electron chi connectivity index (χ0n) is 25.1. The summed E-state index contributed by atoms with van der Waals surface area (Å²) in [4.78, 5) is 29.1. The molecule has 0 saturated carbocycles. The Labute approximate surface area is 271 Å². The molecule has 7 nitrogen and oxygen atoms in total. The average Bonchev–Trinajstić information content (AvgIpc) is 3.01. The van der Waals surface area contributed by atoms with E-state index in [2.05, 4.69) is 5.32 Å². The van der Waals surface area contributed by atoms with E-state index in [9.17, 15) is 31.2 Å². The van der Waals surface area contributed by atoms with Crippen molar-refractivity contribution in [1.82, 2.24) is 10.2 Å². The van der Waals surface area contributed by atoms with Gasteiger partial charge < -0.3 is 10.2 Å². The first-order valence-electron chi connectivity index (χ1n) is 14.4. The van der Waals surface area contributed by atoms with Gasteiger partial charge in [0, 0.05) is 24.0 Å². The third kappa shape index (κ3) is 8.88. The molecular formula is C34H33ClF3N3O4S. The van der Waals surface area contributed by atoms with Crippen LogP contribution in [0.2, 0.25) is 5.02 Å². The number of alkyl halides is 3. The molecule has 0 spiro atoms. The van der Waals surface area contributed by atoms with Gasteiger partial charge in [-0.3, -0.25) is 13.9 Å². The topological polar surface area (TPSA) is 86.8 Å². The van der Waals surface area contributed by atoms with Gasteiger partial charge in [-0.1, -0.05) is 78.3 Å². The van der Waals surface area contributed by atoms with E-state index < -0.39 is 46.2 Å². The van der Waals surface area contributed by atoms with E-state index >= 15 is 0 Å². The maximum absolute atomic E-state index is 14.4. The van der Waals surface area contributed by atoms with Crippen LogP contribution in [0.4, 0.5) is 18.9 Å². The molecule has 0 heterocycles. The van der Waals surface area contributed by atoms with Crippen LogP contribution in [-0.2, 0) is 38.8 Å². The van der Waals surface area contributed by atoms with Crippen molar-refractivity contribution in [1.29, 1.82) is 0 Å². The summed E-state index contributed by atoms with van der Waals surface area (Å²) in [6.45, 7) is 2.51. The Kier molecular flexibility index (Phi) is 11.1. The highest BCUT2D eigenvalue weighted by Gasteiger charge is 2.36. The Morgan fingerprint density at radius 2 is 1.43 bits per heavy atom. The first-order valence-corrected chi connectivity index (χ1v) is 16.2. The van der Waals surface area contributed by atoms with Crippen molar-refractivity contribution >= 4 is 39.1 Å². The van der Waals surface area contributed by atoms with Crippen molar-refractivity contribution in [2.45, 2.75) is 50.0 Å². The van der Waals surface area contributed by atoms with Gasteiger partial charge in [0.2, 0.25) is 11.8 Å². The molecule has 4 aromatic carbocycles. The van der Waals surface area contributed by atoms with E-state index in [1.165, 1.54) is 35.2 Å². The lowest BCUT2D eigenvalue weighted by Crippen LogP contribution is -2.54. The van der Waals surface area contributed by atoms with E-state index in [4.69, 9.17) is 11.6 Å². The van der Waals surface area contributed by atoms with Crippen molar-refractivity contribution in [3.05, 3.63) is 131 Å². The number of sulfonamides is 1. The summed E-state index contributed by atoms with van der Waals surface area (Å²) < 4.78 is 69.8. The van der Waals surface area contributed by atoms with Gasteiger partial charge in [-0.2, -0.15) is 13.2 Å². The third-order valence-electron chi connectivity index (χ3n) is 7.02. The van der Waals surface area contributed by atoms with Crippen LogP contribution in [0, 0.1) is 0 Å². The Morgan fingerprint density at radius 1 is 0.826 bits per heavy atom. The van der Waals surface area contributed by atoms with Gasteiger partial charge >= 0.3 is 6.18 Å². The lowest BCUT2D eigenvalue weighted by atomic mass is 10.0. The van der Waals surface area contributed by atoms with Crippen molar-refractivity contribution in [2.75, 3.05) is 10.8 Å². The normalized spacial score (nSPS) is 12.4. The number of carbonyl (C=O) groups is 2. The molecule has 4 rings (SSSR count). The molecule has 0 radical (unpaired) electrons. The van der Waals surface area contributed by atoms with E-state index in [-0.39, 0.29) is 29.6 Å². The quantitative estimate of drug-likeness (QED) is 0.181. The highest BCUT2D eigenvalue weighted by Crippen LogP contribution is 2.33. The lowest BCUT2D eigenvalue weighted by Gasteiger charge is -2.34. The second kappa shape index (κ2) is 14.8. The minimum Gasteiger partial charge on any atom is -0.352 e. The maximum atomic E-state index is 14.4. The monoisotopic (exact) mass is 671 g/mol. The van der Waals surface area contributed by atoms with Crippen molar-refractivity contribution in [3.8, 4) is 0 Å². The summed E-state index contributed by atoms with van der Waals surface area (Å²) >= 11 is 6.23. The van der Waals surface area contributed by atoms with E-state index in [0.29, 0.717) is 21.0 Å². The van der Waals surface area contributed by atoms with Gasteiger partial charge in [0.15, 0.2) is 0 Å². The van der Waals surface area contributed by atoms with Gasteiger partial charge in [-0.05, 0) is 67.4 Å². The Bertz CT molecular complexity index is 1750. The van der Waals surface area contributed by atoms with Crippen LogP contribution in [0.1, 0.15) is 30.5 Å². The number of anilines is 1. The van der Waals surface area contributed by atoms with Gasteiger partial charge in [-0.25, -0.2) is 8.42 Å². The molecule has 0 saturated heterocycles. The number of benzene rings is 4. The number of nitrogens with one attached hydrogen (secondary N) is 1. The summed E-state index contributed by atoms with van der Waals surface area (Å²) in [7, 11) is -4.55. The number of hydrogen-bond donors (Lipinski definition) is 1. The van der Waals surface area contributed by atoms with E-state index in [0.717, 1.165) is 17.7 Å². The smallest absolute Gasteiger partial charge is 0.352 e. The predicted octanol–water partition coefficient (Wildman–Crippen LogP) is 6.72. The van der Waals surface area contributed by atoms with Crippen LogP contribution in [0.15, 0.2) is 114 Å². The molecule has 0 aliphatic carbocycles. The number of halogens is 4. The molecule has 1 N–H and O–H groups in total. The van der Waals surface area contributed by atoms with Gasteiger partial charge in [0.05, 0.1) is 16.1 Å². The average molecular weight is 672 g/mol. The molecule has 1 atom stereocenters. The summed E-state index contributed by atoms with van der Waals surface area (Å²) in [5.74, 6) is -1.29. The minimum atomic E-state index is -4.77. The molecule has 242 valence electrons. The van der Waals surface area contributed by atoms with Crippen LogP contribution in [0.3, 0.4) is 0 Å². The number of hydrogen-bond acceptors (Lipinski definition) is 4. The number of amides is 2. The summed E-state index contributed by atoms with van der Waals surface area (Å²) in [5.41, 5.74) is -0.143. The third-order valence-corrected chi connectivity index (χ3v) is 9.04. The van der Waals surface area contributed by atoms with Crippen LogP contribution >= 0.6 is 11.6 Å². The van der Waals surface area contributed by atoms with Crippen molar-refractivity contribution in [3.63, 3.8) is 0 Å².